The molecule has 0 amide bonds. The van der Waals surface area contributed by atoms with Gasteiger partial charge in [0.2, 0.25) is 0 Å². The van der Waals surface area contributed by atoms with E-state index in [0.29, 0.717) is 16.5 Å². The fourth-order valence-electron chi connectivity index (χ4n) is 3.54. The van der Waals surface area contributed by atoms with Crippen molar-refractivity contribution in [1.29, 1.82) is 5.26 Å². The van der Waals surface area contributed by atoms with E-state index in [4.69, 9.17) is 4.74 Å². The third-order valence-corrected chi connectivity index (χ3v) is 6.20. The number of nitro benzene ring substituents is 1. The minimum absolute atomic E-state index is 0.153. The SMILES string of the molecule is COC(=O)C1=C(C)NC(SCc2ccccc2C)=C(C#N)[C@H]1c1ccccc1[N+](=O)[O-]. The Kier molecular flexibility index (Phi) is 6.78. The number of nitriles is 1. The van der Waals surface area contributed by atoms with Crippen molar-refractivity contribution >= 4 is 23.4 Å². The lowest BCUT2D eigenvalue weighted by atomic mass is 9.82. The van der Waals surface area contributed by atoms with Gasteiger partial charge in [-0.15, -0.1) is 11.8 Å². The average Bonchev–Trinajstić information content (AvgIpc) is 2.77. The van der Waals surface area contributed by atoms with Gasteiger partial charge in [0.1, 0.15) is 0 Å². The van der Waals surface area contributed by atoms with Crippen LogP contribution in [0, 0.1) is 28.4 Å². The van der Waals surface area contributed by atoms with Gasteiger partial charge in [0.05, 0.1) is 40.2 Å². The highest BCUT2D eigenvalue weighted by atomic mass is 32.2. The number of para-hydroxylation sites is 1. The molecule has 158 valence electrons. The van der Waals surface area contributed by atoms with Crippen molar-refractivity contribution in [3.63, 3.8) is 0 Å². The zero-order valence-electron chi connectivity index (χ0n) is 17.3. The van der Waals surface area contributed by atoms with E-state index in [0.717, 1.165) is 11.1 Å². The quantitative estimate of drug-likeness (QED) is 0.398. The van der Waals surface area contributed by atoms with Crippen molar-refractivity contribution in [3.8, 4) is 6.07 Å². The number of benzene rings is 2. The predicted molar refractivity (Wildman–Crippen MR) is 119 cm³/mol. The molecule has 1 atom stereocenters. The first kappa shape index (κ1) is 22.1. The monoisotopic (exact) mass is 435 g/mol. The Hall–Kier alpha value is -3.57. The Morgan fingerprint density at radius 1 is 1.23 bits per heavy atom. The van der Waals surface area contributed by atoms with Crippen LogP contribution in [0.15, 0.2) is 70.4 Å². The second kappa shape index (κ2) is 9.49. The molecule has 8 heteroatoms. The first-order chi connectivity index (χ1) is 14.9. The number of esters is 1. The van der Waals surface area contributed by atoms with Gasteiger partial charge in [-0.2, -0.15) is 5.26 Å². The van der Waals surface area contributed by atoms with Crippen molar-refractivity contribution in [2.45, 2.75) is 25.5 Å². The summed E-state index contributed by atoms with van der Waals surface area (Å²) < 4.78 is 4.94. The lowest BCUT2D eigenvalue weighted by Crippen LogP contribution is -2.28. The Morgan fingerprint density at radius 2 is 1.90 bits per heavy atom. The molecule has 1 N–H and O–H groups in total. The van der Waals surface area contributed by atoms with E-state index in [1.807, 2.05) is 31.2 Å². The maximum absolute atomic E-state index is 12.6. The molecule has 0 spiro atoms. The van der Waals surface area contributed by atoms with Gasteiger partial charge in [-0.05, 0) is 25.0 Å². The molecule has 1 aliphatic rings. The number of rotatable bonds is 6. The number of nitrogens with zero attached hydrogens (tertiary/aromatic N) is 2. The van der Waals surface area contributed by atoms with Crippen LogP contribution < -0.4 is 5.32 Å². The van der Waals surface area contributed by atoms with Crippen molar-refractivity contribution in [2.24, 2.45) is 0 Å². The second-order valence-corrected chi connectivity index (χ2v) is 7.96. The lowest BCUT2D eigenvalue weighted by Gasteiger charge is -2.29. The van der Waals surface area contributed by atoms with Crippen LogP contribution in [0.4, 0.5) is 5.69 Å². The van der Waals surface area contributed by atoms with Crippen LogP contribution in [0.3, 0.4) is 0 Å². The smallest absolute Gasteiger partial charge is 0.336 e. The average molecular weight is 436 g/mol. The number of allylic oxidation sites excluding steroid dienone is 2. The van der Waals surface area contributed by atoms with E-state index in [-0.39, 0.29) is 22.4 Å². The summed E-state index contributed by atoms with van der Waals surface area (Å²) in [7, 11) is 1.25. The topological polar surface area (TPSA) is 105 Å². The summed E-state index contributed by atoms with van der Waals surface area (Å²) in [6.07, 6.45) is 0. The summed E-state index contributed by atoms with van der Waals surface area (Å²) in [5.74, 6) is -0.937. The number of nitrogens with one attached hydrogen (secondary N) is 1. The van der Waals surface area contributed by atoms with Crippen molar-refractivity contribution in [3.05, 3.63) is 97.2 Å². The summed E-state index contributed by atoms with van der Waals surface area (Å²) in [6.45, 7) is 3.72. The zero-order chi connectivity index (χ0) is 22.5. The van der Waals surface area contributed by atoms with Gasteiger partial charge < -0.3 is 10.1 Å². The van der Waals surface area contributed by atoms with Crippen LogP contribution in [0.1, 0.15) is 29.5 Å². The summed E-state index contributed by atoms with van der Waals surface area (Å²) in [6, 6.07) is 16.3. The van der Waals surface area contributed by atoms with Gasteiger partial charge in [-0.1, -0.05) is 42.5 Å². The molecule has 3 rings (SSSR count). The molecule has 1 heterocycles. The number of hydrogen-bond acceptors (Lipinski definition) is 7. The number of carbonyl (C=O) groups excluding carboxylic acids is 1. The van der Waals surface area contributed by atoms with Crippen LogP contribution in [0.2, 0.25) is 0 Å². The van der Waals surface area contributed by atoms with E-state index in [1.54, 1.807) is 25.1 Å². The van der Waals surface area contributed by atoms with Gasteiger partial charge in [-0.3, -0.25) is 10.1 Å². The molecule has 0 radical (unpaired) electrons. The maximum Gasteiger partial charge on any atom is 0.336 e. The first-order valence-electron chi connectivity index (χ1n) is 9.50. The number of methoxy groups -OCH3 is 1. The van der Waals surface area contributed by atoms with Crippen molar-refractivity contribution in [2.75, 3.05) is 7.11 Å². The zero-order valence-corrected chi connectivity index (χ0v) is 18.2. The van der Waals surface area contributed by atoms with Crippen LogP contribution >= 0.6 is 11.8 Å². The number of dihydropyridines is 1. The fourth-order valence-corrected chi connectivity index (χ4v) is 4.71. The summed E-state index contributed by atoms with van der Waals surface area (Å²) in [5.41, 5.74) is 3.30. The molecule has 31 heavy (non-hydrogen) atoms. The lowest BCUT2D eigenvalue weighted by molar-refractivity contribution is -0.385. The number of hydrogen-bond donors (Lipinski definition) is 1. The molecule has 0 fully saturated rings. The standard InChI is InChI=1S/C23H21N3O4S/c1-14-8-4-5-9-16(14)13-31-22-18(12-24)21(20(15(2)25-22)23(27)30-3)17-10-6-7-11-19(17)26(28)29/h4-11,21,25H,13H2,1-3H3/t21-/m1/s1. The van der Waals surface area contributed by atoms with Crippen molar-refractivity contribution < 1.29 is 14.5 Å². The van der Waals surface area contributed by atoms with Gasteiger partial charge in [0, 0.05) is 23.1 Å². The van der Waals surface area contributed by atoms with Crippen LogP contribution in [0.25, 0.3) is 0 Å². The number of carbonyl (C=O) groups is 1. The van der Waals surface area contributed by atoms with Gasteiger partial charge >= 0.3 is 5.97 Å². The third-order valence-electron chi connectivity index (χ3n) is 5.13. The molecule has 2 aromatic rings. The molecule has 0 aliphatic carbocycles. The number of thioether (sulfide) groups is 1. The van der Waals surface area contributed by atoms with Crippen LogP contribution in [-0.2, 0) is 15.3 Å². The number of aryl methyl sites for hydroxylation is 1. The van der Waals surface area contributed by atoms with E-state index < -0.39 is 16.8 Å². The van der Waals surface area contributed by atoms with E-state index in [2.05, 4.69) is 11.4 Å². The highest BCUT2D eigenvalue weighted by molar-refractivity contribution is 8.02. The highest BCUT2D eigenvalue weighted by Crippen LogP contribution is 2.44. The molecular formula is C23H21N3O4S. The van der Waals surface area contributed by atoms with Crippen molar-refractivity contribution in [1.82, 2.24) is 5.32 Å². The molecular weight excluding hydrogens is 414 g/mol. The minimum Gasteiger partial charge on any atom is -0.466 e. The minimum atomic E-state index is -0.903. The van der Waals surface area contributed by atoms with Crippen LogP contribution in [-0.4, -0.2) is 18.0 Å². The Bertz CT molecular complexity index is 1150. The molecule has 0 saturated heterocycles. The molecule has 1 aliphatic heterocycles. The van der Waals surface area contributed by atoms with Gasteiger partial charge in [0.25, 0.3) is 5.69 Å². The maximum atomic E-state index is 12.6. The Morgan fingerprint density at radius 3 is 2.55 bits per heavy atom. The van der Waals surface area contributed by atoms with Gasteiger partial charge in [-0.25, -0.2) is 4.79 Å². The Balaban J connectivity index is 2.13. The second-order valence-electron chi connectivity index (χ2n) is 6.97. The fraction of sp³-hybridized carbons (Fsp3) is 0.217. The molecule has 0 unspecified atom stereocenters. The van der Waals surface area contributed by atoms with Gasteiger partial charge in [0.15, 0.2) is 0 Å². The molecule has 0 aromatic heterocycles. The van der Waals surface area contributed by atoms with E-state index in [1.165, 1.54) is 24.9 Å². The number of nitro groups is 1. The number of ether oxygens (including phenoxy) is 1. The third kappa shape index (κ3) is 4.47. The highest BCUT2D eigenvalue weighted by Gasteiger charge is 2.38. The predicted octanol–water partition coefficient (Wildman–Crippen LogP) is 4.71. The molecule has 2 aromatic carbocycles. The summed E-state index contributed by atoms with van der Waals surface area (Å²) in [5, 5.41) is 25.4. The normalized spacial score (nSPS) is 15.9. The summed E-state index contributed by atoms with van der Waals surface area (Å²) in [4.78, 5) is 23.8. The molecule has 7 nitrogen and oxygen atoms in total. The first-order valence-corrected chi connectivity index (χ1v) is 10.5. The molecule has 0 bridgehead atoms. The molecule has 0 saturated carbocycles. The van der Waals surface area contributed by atoms with E-state index in [9.17, 15) is 20.2 Å². The largest absolute Gasteiger partial charge is 0.466 e. The Labute approximate surface area is 184 Å². The summed E-state index contributed by atoms with van der Waals surface area (Å²) >= 11 is 1.42. The van der Waals surface area contributed by atoms with E-state index >= 15 is 0 Å². The van der Waals surface area contributed by atoms with Crippen LogP contribution in [0.5, 0.6) is 0 Å².